The van der Waals surface area contributed by atoms with Gasteiger partial charge >= 0.3 is 12.1 Å². The second kappa shape index (κ2) is 10.9. The number of hydrogen-bond acceptors (Lipinski definition) is 7. The van der Waals surface area contributed by atoms with Gasteiger partial charge in [0, 0.05) is 16.0 Å². The number of esters is 1. The summed E-state index contributed by atoms with van der Waals surface area (Å²) in [6.45, 7) is 1.32. The number of carbonyl (C=O) groups is 1. The van der Waals surface area contributed by atoms with Crippen LogP contribution in [0, 0.1) is 0 Å². The molecule has 12 heteroatoms. The average molecular weight is 591 g/mol. The van der Waals surface area contributed by atoms with Crippen LogP contribution in [0.3, 0.4) is 0 Å². The summed E-state index contributed by atoms with van der Waals surface area (Å²) >= 11 is 8.14. The third-order valence-corrected chi connectivity index (χ3v) is 7.78. The summed E-state index contributed by atoms with van der Waals surface area (Å²) in [5.74, 6) is -0.876. The average Bonchev–Trinajstić information content (AvgIpc) is 3.47. The highest BCUT2D eigenvalue weighted by Crippen LogP contribution is 2.38. The van der Waals surface area contributed by atoms with Crippen LogP contribution in [0.15, 0.2) is 102 Å². The van der Waals surface area contributed by atoms with Gasteiger partial charge in [0.2, 0.25) is 0 Å². The maximum absolute atomic E-state index is 14.2. The van der Waals surface area contributed by atoms with E-state index in [1.807, 2.05) is 30.3 Å². The summed E-state index contributed by atoms with van der Waals surface area (Å²) in [5.41, 5.74) is -2.57. The van der Waals surface area contributed by atoms with Crippen molar-refractivity contribution in [1.29, 1.82) is 0 Å². The molecule has 0 spiro atoms. The predicted octanol–water partition coefficient (Wildman–Crippen LogP) is 5.74. The fraction of sp³-hybridized carbons (Fsp3) is 0.148. The molecule has 0 saturated heterocycles. The molecule has 0 radical (unpaired) electrons. The van der Waals surface area contributed by atoms with E-state index in [4.69, 9.17) is 20.8 Å². The van der Waals surface area contributed by atoms with E-state index in [0.29, 0.717) is 15.9 Å². The number of fused-ring (bicyclic) bond motifs is 1. The van der Waals surface area contributed by atoms with Crippen LogP contribution in [-0.2, 0) is 9.53 Å². The SMILES string of the molecule is CCOC(=O)C1=C(C(F)(F)F)N=c2s/c(=C/c3ccc(Sc4ccccc4)o3)c(=O)n2[C@@H]1c1ccc(Cl)cc1. The van der Waals surface area contributed by atoms with Gasteiger partial charge in [0.25, 0.3) is 5.56 Å². The Balaban J connectivity index is 1.66. The first-order valence-electron chi connectivity index (χ1n) is 11.5. The van der Waals surface area contributed by atoms with E-state index in [9.17, 15) is 22.8 Å². The number of carbonyl (C=O) groups excluding carboxylic acids is 1. The second-order valence-corrected chi connectivity index (χ2v) is 10.7. The van der Waals surface area contributed by atoms with Gasteiger partial charge in [0.1, 0.15) is 5.76 Å². The molecule has 0 N–H and O–H groups in total. The molecule has 2 aromatic carbocycles. The summed E-state index contributed by atoms with van der Waals surface area (Å²) in [6.07, 6.45) is -3.54. The summed E-state index contributed by atoms with van der Waals surface area (Å²) in [7, 11) is 0. The third kappa shape index (κ3) is 5.61. The molecule has 0 unspecified atom stereocenters. The molecule has 1 aliphatic heterocycles. The van der Waals surface area contributed by atoms with E-state index in [2.05, 4.69) is 4.99 Å². The predicted molar refractivity (Wildman–Crippen MR) is 142 cm³/mol. The molecule has 0 amide bonds. The van der Waals surface area contributed by atoms with Crippen molar-refractivity contribution in [3.63, 3.8) is 0 Å². The number of rotatable bonds is 6. The maximum atomic E-state index is 14.2. The Morgan fingerprint density at radius 2 is 1.87 bits per heavy atom. The number of thiazole rings is 1. The van der Waals surface area contributed by atoms with Gasteiger partial charge in [-0.2, -0.15) is 13.2 Å². The minimum Gasteiger partial charge on any atom is -0.463 e. The van der Waals surface area contributed by atoms with Crippen LogP contribution in [0.5, 0.6) is 0 Å². The van der Waals surface area contributed by atoms with Gasteiger partial charge in [-0.05, 0) is 48.9 Å². The lowest BCUT2D eigenvalue weighted by atomic mass is 9.95. The largest absolute Gasteiger partial charge is 0.463 e. The number of furan rings is 1. The summed E-state index contributed by atoms with van der Waals surface area (Å²) in [6, 6.07) is 17.3. The minimum absolute atomic E-state index is 0.0879. The monoisotopic (exact) mass is 590 g/mol. The number of aromatic nitrogens is 1. The molecule has 200 valence electrons. The van der Waals surface area contributed by atoms with E-state index >= 15 is 0 Å². The van der Waals surface area contributed by atoms with Crippen LogP contribution in [-0.4, -0.2) is 23.3 Å². The molecule has 5 rings (SSSR count). The van der Waals surface area contributed by atoms with Crippen molar-refractivity contribution in [3.8, 4) is 0 Å². The van der Waals surface area contributed by atoms with Crippen molar-refractivity contribution < 1.29 is 27.1 Å². The first kappa shape index (κ1) is 27.0. The summed E-state index contributed by atoms with van der Waals surface area (Å²) in [5, 5.41) is 0.911. The molecule has 0 saturated carbocycles. The second-order valence-electron chi connectivity index (χ2n) is 8.19. The number of ether oxygens (including phenoxy) is 1. The molecule has 0 bridgehead atoms. The normalized spacial score (nSPS) is 15.7. The number of nitrogens with zero attached hydrogens (tertiary/aromatic N) is 2. The lowest BCUT2D eigenvalue weighted by molar-refractivity contribution is -0.140. The Morgan fingerprint density at radius 1 is 1.15 bits per heavy atom. The molecule has 1 aliphatic rings. The van der Waals surface area contributed by atoms with Crippen molar-refractivity contribution in [2.75, 3.05) is 6.61 Å². The van der Waals surface area contributed by atoms with Gasteiger partial charge in [-0.15, -0.1) is 0 Å². The van der Waals surface area contributed by atoms with Gasteiger partial charge in [-0.25, -0.2) is 9.79 Å². The highest BCUT2D eigenvalue weighted by Gasteiger charge is 2.45. The molecule has 0 aliphatic carbocycles. The standard InChI is InChI=1S/C27H18ClF3N2O4S2/c1-2-36-25(35)21-22(15-8-10-16(28)11-9-15)33-24(34)19(39-26(33)32-23(21)27(29,30)31)14-17-12-13-20(37-17)38-18-6-4-3-5-7-18/h3-14,22H,2H2,1H3/b19-14+/t22-/m1/s1. The van der Waals surface area contributed by atoms with Gasteiger partial charge in [0.05, 0.1) is 22.8 Å². The fourth-order valence-electron chi connectivity index (χ4n) is 4.00. The zero-order chi connectivity index (χ0) is 27.7. The number of benzene rings is 2. The Kier molecular flexibility index (Phi) is 7.57. The molecule has 3 heterocycles. The molecule has 1 atom stereocenters. The quantitative estimate of drug-likeness (QED) is 0.268. The van der Waals surface area contributed by atoms with Gasteiger partial charge in [-0.1, -0.05) is 65.0 Å². The maximum Gasteiger partial charge on any atom is 0.434 e. The topological polar surface area (TPSA) is 73.8 Å². The van der Waals surface area contributed by atoms with Crippen LogP contribution in [0.2, 0.25) is 5.02 Å². The number of hydrogen-bond donors (Lipinski definition) is 0. The minimum atomic E-state index is -4.98. The van der Waals surface area contributed by atoms with Crippen LogP contribution >= 0.6 is 34.7 Å². The number of halogens is 4. The van der Waals surface area contributed by atoms with Gasteiger partial charge < -0.3 is 9.15 Å². The van der Waals surface area contributed by atoms with Crippen molar-refractivity contribution in [1.82, 2.24) is 4.57 Å². The lowest BCUT2D eigenvalue weighted by Crippen LogP contribution is -2.41. The number of alkyl halides is 3. The lowest BCUT2D eigenvalue weighted by Gasteiger charge is -2.26. The Morgan fingerprint density at radius 3 is 2.54 bits per heavy atom. The van der Waals surface area contributed by atoms with Crippen LogP contribution in [0.25, 0.3) is 6.08 Å². The zero-order valence-electron chi connectivity index (χ0n) is 20.1. The Hall–Kier alpha value is -3.54. The van der Waals surface area contributed by atoms with Crippen LogP contribution < -0.4 is 14.9 Å². The van der Waals surface area contributed by atoms with Crippen LogP contribution in [0.1, 0.15) is 24.3 Å². The highest BCUT2D eigenvalue weighted by atomic mass is 35.5. The third-order valence-electron chi connectivity index (χ3n) is 5.62. The molecule has 2 aromatic heterocycles. The van der Waals surface area contributed by atoms with Gasteiger partial charge in [0.15, 0.2) is 15.6 Å². The van der Waals surface area contributed by atoms with E-state index in [1.54, 1.807) is 12.1 Å². The first-order chi connectivity index (χ1) is 18.7. The zero-order valence-corrected chi connectivity index (χ0v) is 22.5. The first-order valence-corrected chi connectivity index (χ1v) is 13.5. The number of allylic oxidation sites excluding steroid dienone is 1. The molecular formula is C27H18ClF3N2O4S2. The Labute approximate surface area is 232 Å². The van der Waals surface area contributed by atoms with E-state index in [1.165, 1.54) is 49.0 Å². The van der Waals surface area contributed by atoms with Crippen molar-refractivity contribution in [2.45, 2.75) is 29.1 Å². The van der Waals surface area contributed by atoms with Crippen molar-refractivity contribution in [2.24, 2.45) is 4.99 Å². The summed E-state index contributed by atoms with van der Waals surface area (Å²) < 4.78 is 54.5. The molecule has 39 heavy (non-hydrogen) atoms. The van der Waals surface area contributed by atoms with E-state index < -0.39 is 35.0 Å². The van der Waals surface area contributed by atoms with E-state index in [-0.39, 0.29) is 21.5 Å². The summed E-state index contributed by atoms with van der Waals surface area (Å²) in [4.78, 5) is 30.9. The smallest absolute Gasteiger partial charge is 0.434 e. The molecular weight excluding hydrogens is 573 g/mol. The van der Waals surface area contributed by atoms with Gasteiger partial charge in [-0.3, -0.25) is 9.36 Å². The van der Waals surface area contributed by atoms with Crippen molar-refractivity contribution >= 4 is 46.7 Å². The van der Waals surface area contributed by atoms with Crippen LogP contribution in [0.4, 0.5) is 13.2 Å². The highest BCUT2D eigenvalue weighted by molar-refractivity contribution is 7.99. The Bertz CT molecular complexity index is 1740. The molecule has 4 aromatic rings. The van der Waals surface area contributed by atoms with E-state index in [0.717, 1.165) is 20.8 Å². The molecule has 0 fully saturated rings. The molecule has 6 nitrogen and oxygen atoms in total. The van der Waals surface area contributed by atoms with Crippen molar-refractivity contribution in [3.05, 3.63) is 114 Å². The fourth-order valence-corrected chi connectivity index (χ4v) is 5.91.